The first kappa shape index (κ1) is 15.2. The molecule has 1 N–H and O–H groups in total. The predicted octanol–water partition coefficient (Wildman–Crippen LogP) is 3.67. The third-order valence-electron chi connectivity index (χ3n) is 4.24. The van der Waals surface area contributed by atoms with Crippen LogP contribution in [0.4, 0.5) is 18.9 Å². The number of benzene rings is 1. The number of anilines is 1. The fraction of sp³-hybridized carbons (Fsp3) is 0.600. The second-order valence-electron chi connectivity index (χ2n) is 5.42. The highest BCUT2D eigenvalue weighted by atomic mass is 19.4. The molecule has 1 aliphatic rings. The molecule has 0 bridgehead atoms. The van der Waals surface area contributed by atoms with E-state index in [9.17, 15) is 13.2 Å². The molecule has 0 saturated heterocycles. The van der Waals surface area contributed by atoms with Crippen LogP contribution in [0.1, 0.15) is 31.2 Å². The molecule has 1 aromatic carbocycles. The van der Waals surface area contributed by atoms with E-state index in [2.05, 4.69) is 5.32 Å². The lowest BCUT2D eigenvalue weighted by Crippen LogP contribution is -2.40. The Morgan fingerprint density at radius 2 is 1.70 bits per heavy atom. The van der Waals surface area contributed by atoms with Gasteiger partial charge in [-0.15, -0.1) is 0 Å². The number of hydrogen-bond acceptors (Lipinski definition) is 2. The Bertz CT molecular complexity index is 437. The first-order valence-corrected chi connectivity index (χ1v) is 6.99. The maximum Gasteiger partial charge on any atom is 0.418 e. The Kier molecular flexibility index (Phi) is 4.58. The molecule has 0 unspecified atom stereocenters. The topological polar surface area (TPSA) is 15.3 Å². The number of nitrogens with one attached hydrogen (secondary N) is 1. The third kappa shape index (κ3) is 3.26. The summed E-state index contributed by atoms with van der Waals surface area (Å²) in [6.45, 7) is 0. The Morgan fingerprint density at radius 1 is 1.10 bits per heavy atom. The zero-order chi connectivity index (χ0) is 14.8. The second kappa shape index (κ2) is 6.04. The summed E-state index contributed by atoms with van der Waals surface area (Å²) in [4.78, 5) is 1.80. The Morgan fingerprint density at radius 3 is 2.25 bits per heavy atom. The van der Waals surface area contributed by atoms with Gasteiger partial charge in [-0.05, 0) is 44.9 Å². The molecule has 2 rings (SSSR count). The Balaban J connectivity index is 2.16. The zero-order valence-electron chi connectivity index (χ0n) is 11.9. The summed E-state index contributed by atoms with van der Waals surface area (Å²) in [6, 6.07) is 6.51. The van der Waals surface area contributed by atoms with Gasteiger partial charge >= 0.3 is 6.18 Å². The molecule has 0 heterocycles. The van der Waals surface area contributed by atoms with E-state index in [0.29, 0.717) is 6.04 Å². The normalized spacial score (nSPS) is 23.6. The Labute approximate surface area is 118 Å². The van der Waals surface area contributed by atoms with Gasteiger partial charge in [0.25, 0.3) is 0 Å². The molecule has 0 radical (unpaired) electrons. The summed E-state index contributed by atoms with van der Waals surface area (Å²) >= 11 is 0. The van der Waals surface area contributed by atoms with Crippen molar-refractivity contribution in [2.24, 2.45) is 0 Å². The van der Waals surface area contributed by atoms with Gasteiger partial charge in [0.1, 0.15) is 0 Å². The molecule has 112 valence electrons. The van der Waals surface area contributed by atoms with Crippen LogP contribution in [-0.2, 0) is 6.18 Å². The van der Waals surface area contributed by atoms with Crippen molar-refractivity contribution < 1.29 is 13.2 Å². The van der Waals surface area contributed by atoms with Gasteiger partial charge in [0, 0.05) is 24.8 Å². The van der Waals surface area contributed by atoms with Gasteiger partial charge in [0.2, 0.25) is 0 Å². The number of para-hydroxylation sites is 1. The van der Waals surface area contributed by atoms with Crippen LogP contribution < -0.4 is 10.2 Å². The molecule has 0 spiro atoms. The van der Waals surface area contributed by atoms with Crippen LogP contribution in [0, 0.1) is 0 Å². The van der Waals surface area contributed by atoms with Crippen molar-refractivity contribution in [2.45, 2.75) is 43.9 Å². The van der Waals surface area contributed by atoms with Crippen LogP contribution in [0.5, 0.6) is 0 Å². The average Bonchev–Trinajstić information content (AvgIpc) is 2.46. The average molecular weight is 286 g/mol. The van der Waals surface area contributed by atoms with E-state index in [1.165, 1.54) is 6.07 Å². The second-order valence-corrected chi connectivity index (χ2v) is 5.42. The van der Waals surface area contributed by atoms with Gasteiger partial charge in [-0.3, -0.25) is 0 Å². The van der Waals surface area contributed by atoms with E-state index < -0.39 is 11.7 Å². The molecule has 1 saturated carbocycles. The van der Waals surface area contributed by atoms with Gasteiger partial charge in [-0.2, -0.15) is 13.2 Å². The maximum atomic E-state index is 13.1. The van der Waals surface area contributed by atoms with Crippen molar-refractivity contribution in [1.29, 1.82) is 0 Å². The summed E-state index contributed by atoms with van der Waals surface area (Å²) in [5.74, 6) is 0. The largest absolute Gasteiger partial charge is 0.418 e. The zero-order valence-corrected chi connectivity index (χ0v) is 11.9. The molecular weight excluding hydrogens is 265 g/mol. The predicted molar refractivity (Wildman–Crippen MR) is 75.0 cm³/mol. The molecule has 0 aliphatic heterocycles. The highest BCUT2D eigenvalue weighted by molar-refractivity contribution is 5.55. The van der Waals surface area contributed by atoms with Crippen LogP contribution in [0.15, 0.2) is 24.3 Å². The molecule has 1 aliphatic carbocycles. The van der Waals surface area contributed by atoms with E-state index >= 15 is 0 Å². The summed E-state index contributed by atoms with van der Waals surface area (Å²) in [7, 11) is 3.71. The summed E-state index contributed by atoms with van der Waals surface area (Å²) in [5.41, 5.74) is -0.258. The van der Waals surface area contributed by atoms with Crippen LogP contribution in [-0.4, -0.2) is 26.2 Å². The smallest absolute Gasteiger partial charge is 0.371 e. The summed E-state index contributed by atoms with van der Waals surface area (Å²) in [5, 5.41) is 3.24. The van der Waals surface area contributed by atoms with Crippen LogP contribution >= 0.6 is 0 Å². The molecule has 0 atom stereocenters. The van der Waals surface area contributed by atoms with Crippen molar-refractivity contribution in [3.05, 3.63) is 29.8 Å². The number of hydrogen-bond donors (Lipinski definition) is 1. The first-order chi connectivity index (χ1) is 9.43. The molecule has 5 heteroatoms. The number of nitrogens with zero attached hydrogens (tertiary/aromatic N) is 1. The van der Waals surface area contributed by atoms with Gasteiger partial charge in [-0.25, -0.2) is 0 Å². The lowest BCUT2D eigenvalue weighted by Gasteiger charge is -2.37. The van der Waals surface area contributed by atoms with Gasteiger partial charge in [-0.1, -0.05) is 12.1 Å². The van der Waals surface area contributed by atoms with E-state index in [1.807, 2.05) is 7.05 Å². The number of alkyl halides is 3. The van der Waals surface area contributed by atoms with E-state index in [4.69, 9.17) is 0 Å². The monoisotopic (exact) mass is 286 g/mol. The highest BCUT2D eigenvalue weighted by Crippen LogP contribution is 2.38. The molecule has 0 aromatic heterocycles. The van der Waals surface area contributed by atoms with Crippen LogP contribution in [0.3, 0.4) is 0 Å². The van der Waals surface area contributed by atoms with Crippen molar-refractivity contribution in [1.82, 2.24) is 5.32 Å². The lowest BCUT2D eigenvalue weighted by molar-refractivity contribution is -0.137. The minimum absolute atomic E-state index is 0.183. The fourth-order valence-electron chi connectivity index (χ4n) is 2.97. The molecule has 0 amide bonds. The van der Waals surface area contributed by atoms with Gasteiger partial charge in [0.15, 0.2) is 0 Å². The molecule has 2 nitrogen and oxygen atoms in total. The Hall–Kier alpha value is -1.23. The third-order valence-corrected chi connectivity index (χ3v) is 4.24. The minimum atomic E-state index is -4.30. The molecule has 20 heavy (non-hydrogen) atoms. The van der Waals surface area contributed by atoms with Crippen molar-refractivity contribution in [3.8, 4) is 0 Å². The van der Waals surface area contributed by atoms with E-state index in [1.54, 1.807) is 24.1 Å². The van der Waals surface area contributed by atoms with E-state index in [0.717, 1.165) is 31.7 Å². The van der Waals surface area contributed by atoms with Gasteiger partial charge < -0.3 is 10.2 Å². The number of rotatable bonds is 3. The molecular formula is C15H21F3N2. The summed E-state index contributed by atoms with van der Waals surface area (Å²) < 4.78 is 39.2. The lowest BCUT2D eigenvalue weighted by atomic mass is 9.90. The number of halogens is 3. The molecule has 1 fully saturated rings. The van der Waals surface area contributed by atoms with E-state index in [-0.39, 0.29) is 11.7 Å². The molecule has 1 aromatic rings. The van der Waals surface area contributed by atoms with Crippen LogP contribution in [0.2, 0.25) is 0 Å². The quantitative estimate of drug-likeness (QED) is 0.912. The van der Waals surface area contributed by atoms with Crippen molar-refractivity contribution in [3.63, 3.8) is 0 Å². The maximum absolute atomic E-state index is 13.1. The minimum Gasteiger partial charge on any atom is -0.371 e. The standard InChI is InChI=1S/C15H21F3N2/c1-19-11-7-9-12(10-8-11)20(2)14-6-4-3-5-13(14)15(16,17)18/h3-6,11-12,19H,7-10H2,1-2H3. The highest BCUT2D eigenvalue weighted by Gasteiger charge is 2.35. The van der Waals surface area contributed by atoms with Gasteiger partial charge in [0.05, 0.1) is 5.56 Å². The SMILES string of the molecule is CNC1CCC(N(C)c2ccccc2C(F)(F)F)CC1. The summed E-state index contributed by atoms with van der Waals surface area (Å²) in [6.07, 6.45) is -0.422. The fourth-order valence-corrected chi connectivity index (χ4v) is 2.97. The first-order valence-electron chi connectivity index (χ1n) is 6.99. The van der Waals surface area contributed by atoms with Crippen molar-refractivity contribution >= 4 is 5.69 Å². The van der Waals surface area contributed by atoms with Crippen LogP contribution in [0.25, 0.3) is 0 Å². The van der Waals surface area contributed by atoms with Crippen molar-refractivity contribution in [2.75, 3.05) is 19.0 Å².